The predicted octanol–water partition coefficient (Wildman–Crippen LogP) is 6.27. The molecule has 1 aliphatic carbocycles. The van der Waals surface area contributed by atoms with Gasteiger partial charge in [0.1, 0.15) is 12.4 Å². The lowest BCUT2D eigenvalue weighted by atomic mass is 9.98. The first-order valence-corrected chi connectivity index (χ1v) is 10.4. The van der Waals surface area contributed by atoms with Gasteiger partial charge in [-0.25, -0.2) is 4.79 Å². The van der Waals surface area contributed by atoms with Crippen molar-refractivity contribution in [2.75, 3.05) is 20.3 Å². The van der Waals surface area contributed by atoms with Crippen molar-refractivity contribution in [3.63, 3.8) is 0 Å². The maximum atomic E-state index is 12.8. The van der Waals surface area contributed by atoms with Gasteiger partial charge in [0.25, 0.3) is 0 Å². The van der Waals surface area contributed by atoms with Crippen LogP contribution in [-0.4, -0.2) is 26.4 Å². The largest absolute Gasteiger partial charge is 0.496 e. The molecule has 1 amide bonds. The molecule has 7 heteroatoms. The quantitative estimate of drug-likeness (QED) is 0.479. The number of hydrogen-bond donors (Lipinski definition) is 1. The number of alkyl halides is 3. The van der Waals surface area contributed by atoms with Crippen LogP contribution in [0.2, 0.25) is 0 Å². The summed E-state index contributed by atoms with van der Waals surface area (Å²) in [5.41, 5.74) is 4.24. The summed E-state index contributed by atoms with van der Waals surface area (Å²) in [5.74, 6) is 0.0670. The molecule has 0 radical (unpaired) electrons. The van der Waals surface area contributed by atoms with E-state index in [9.17, 15) is 18.0 Å². The van der Waals surface area contributed by atoms with Crippen LogP contribution in [0, 0.1) is 0 Å². The monoisotopic (exact) mass is 453 g/mol. The number of alkyl carbamates (subject to hydrolysis) is 1. The predicted molar refractivity (Wildman–Crippen MR) is 120 cm³/mol. The average molecular weight is 453 g/mol. The second-order valence-electron chi connectivity index (χ2n) is 7.56. The minimum absolute atomic E-state index is 0.0323. The fraction of sp³-hybridized carbons (Fsp3) is 0.192. The van der Waals surface area contributed by atoms with E-state index in [4.69, 9.17) is 9.47 Å². The summed E-state index contributed by atoms with van der Waals surface area (Å²) in [7, 11) is 1.31. The van der Waals surface area contributed by atoms with Crippen LogP contribution < -0.4 is 10.1 Å². The first kappa shape index (κ1) is 22.5. The third kappa shape index (κ3) is 4.87. The Kier molecular flexibility index (Phi) is 6.40. The lowest BCUT2D eigenvalue weighted by Gasteiger charge is -2.14. The van der Waals surface area contributed by atoms with Crippen molar-refractivity contribution < 1.29 is 27.4 Å². The Labute approximate surface area is 189 Å². The average Bonchev–Trinajstić information content (AvgIpc) is 3.13. The summed E-state index contributed by atoms with van der Waals surface area (Å²) in [6.07, 6.45) is -1.81. The van der Waals surface area contributed by atoms with Crippen LogP contribution in [0.1, 0.15) is 28.2 Å². The van der Waals surface area contributed by atoms with Crippen molar-refractivity contribution in [2.24, 2.45) is 0 Å². The van der Waals surface area contributed by atoms with Crippen LogP contribution in [0.3, 0.4) is 0 Å². The van der Waals surface area contributed by atoms with E-state index in [0.717, 1.165) is 34.4 Å². The summed E-state index contributed by atoms with van der Waals surface area (Å²) in [6, 6.07) is 19.4. The van der Waals surface area contributed by atoms with Gasteiger partial charge in [0.05, 0.1) is 12.7 Å². The van der Waals surface area contributed by atoms with Gasteiger partial charge in [0, 0.05) is 18.0 Å². The van der Waals surface area contributed by atoms with Gasteiger partial charge in [-0.2, -0.15) is 13.2 Å². The summed E-state index contributed by atoms with van der Waals surface area (Å²) < 4.78 is 49.0. The highest BCUT2D eigenvalue weighted by atomic mass is 19.4. The molecule has 0 bridgehead atoms. The van der Waals surface area contributed by atoms with Gasteiger partial charge in [0.2, 0.25) is 0 Å². The molecule has 0 aromatic heterocycles. The van der Waals surface area contributed by atoms with Gasteiger partial charge in [-0.3, -0.25) is 0 Å². The van der Waals surface area contributed by atoms with Gasteiger partial charge in [-0.1, -0.05) is 66.7 Å². The van der Waals surface area contributed by atoms with Crippen molar-refractivity contribution in [3.05, 3.63) is 95.1 Å². The van der Waals surface area contributed by atoms with Crippen molar-refractivity contribution in [1.82, 2.24) is 5.32 Å². The number of carbonyl (C=O) groups excluding carboxylic acids is 1. The fourth-order valence-electron chi connectivity index (χ4n) is 4.00. The molecular weight excluding hydrogens is 431 g/mol. The van der Waals surface area contributed by atoms with E-state index in [2.05, 4.69) is 17.4 Å². The first-order chi connectivity index (χ1) is 15.9. The molecule has 0 fully saturated rings. The number of nitrogens with one attached hydrogen (secondary N) is 1. The van der Waals surface area contributed by atoms with Crippen LogP contribution in [0.25, 0.3) is 17.2 Å². The molecule has 0 unspecified atom stereocenters. The lowest BCUT2D eigenvalue weighted by Crippen LogP contribution is -2.26. The highest BCUT2D eigenvalue weighted by molar-refractivity contribution is 5.79. The van der Waals surface area contributed by atoms with E-state index in [-0.39, 0.29) is 24.8 Å². The minimum Gasteiger partial charge on any atom is -0.496 e. The molecule has 1 N–H and O–H groups in total. The minimum atomic E-state index is -4.44. The molecule has 0 heterocycles. The van der Waals surface area contributed by atoms with E-state index >= 15 is 0 Å². The van der Waals surface area contributed by atoms with Crippen molar-refractivity contribution >= 4 is 12.2 Å². The Balaban J connectivity index is 1.33. The Morgan fingerprint density at radius 3 is 2.24 bits per heavy atom. The molecule has 0 aliphatic heterocycles. The molecule has 0 atom stereocenters. The van der Waals surface area contributed by atoms with Crippen LogP contribution in [0.5, 0.6) is 5.75 Å². The molecular formula is C26H22F3NO3. The summed E-state index contributed by atoms with van der Waals surface area (Å²) in [5, 5.41) is 2.63. The number of carbonyl (C=O) groups is 1. The normalized spacial score (nSPS) is 13.0. The molecule has 0 saturated carbocycles. The molecule has 170 valence electrons. The molecule has 1 aliphatic rings. The highest BCUT2D eigenvalue weighted by Crippen LogP contribution is 2.44. The number of ether oxygens (including phenoxy) is 2. The number of fused-ring (bicyclic) bond motifs is 3. The maximum Gasteiger partial charge on any atom is 0.416 e. The summed E-state index contributed by atoms with van der Waals surface area (Å²) >= 11 is 0. The molecule has 4 nitrogen and oxygen atoms in total. The second kappa shape index (κ2) is 9.40. The highest BCUT2D eigenvalue weighted by Gasteiger charge is 2.31. The molecule has 0 spiro atoms. The van der Waals surface area contributed by atoms with Gasteiger partial charge in [-0.15, -0.1) is 0 Å². The Hall–Kier alpha value is -3.74. The van der Waals surface area contributed by atoms with E-state index in [1.165, 1.54) is 13.2 Å². The Bertz CT molecular complexity index is 1140. The number of benzene rings is 3. The summed E-state index contributed by atoms with van der Waals surface area (Å²) in [4.78, 5) is 12.2. The number of hydrogen-bond acceptors (Lipinski definition) is 3. The first-order valence-electron chi connectivity index (χ1n) is 10.4. The van der Waals surface area contributed by atoms with E-state index in [0.29, 0.717) is 5.56 Å². The van der Waals surface area contributed by atoms with Gasteiger partial charge >= 0.3 is 12.3 Å². The Morgan fingerprint density at radius 1 is 1.00 bits per heavy atom. The fourth-order valence-corrected chi connectivity index (χ4v) is 4.00. The second-order valence-corrected chi connectivity index (χ2v) is 7.56. The zero-order valence-corrected chi connectivity index (χ0v) is 17.9. The van der Waals surface area contributed by atoms with E-state index < -0.39 is 17.8 Å². The van der Waals surface area contributed by atoms with E-state index in [1.54, 1.807) is 12.2 Å². The standard InChI is InChI=1S/C26H22F3NO3/c1-32-24-15-18(26(27,28)29)13-12-17(24)7-6-14-30-25(31)33-16-23-21-10-4-2-8-19(21)20-9-3-5-11-22(20)23/h2-13,15,23H,14,16H2,1H3,(H,30,31). The zero-order valence-electron chi connectivity index (χ0n) is 17.9. The number of amides is 1. The maximum absolute atomic E-state index is 12.8. The van der Waals surface area contributed by atoms with Gasteiger partial charge < -0.3 is 14.8 Å². The molecule has 4 rings (SSSR count). The molecule has 3 aromatic carbocycles. The SMILES string of the molecule is COc1cc(C(F)(F)F)ccc1C=CCNC(=O)OCC1c2ccccc2-c2ccccc21. The number of rotatable bonds is 6. The Morgan fingerprint density at radius 2 is 1.64 bits per heavy atom. The zero-order chi connectivity index (χ0) is 23.4. The van der Waals surface area contributed by atoms with Crippen LogP contribution in [-0.2, 0) is 10.9 Å². The molecule has 0 saturated heterocycles. The lowest BCUT2D eigenvalue weighted by molar-refractivity contribution is -0.137. The van der Waals surface area contributed by atoms with Gasteiger partial charge in [-0.05, 0) is 34.4 Å². The van der Waals surface area contributed by atoms with Crippen LogP contribution in [0.15, 0.2) is 72.8 Å². The number of methoxy groups -OCH3 is 1. The third-order valence-electron chi connectivity index (χ3n) is 5.57. The van der Waals surface area contributed by atoms with Gasteiger partial charge in [0.15, 0.2) is 0 Å². The van der Waals surface area contributed by atoms with Crippen molar-refractivity contribution in [3.8, 4) is 16.9 Å². The molecule has 3 aromatic rings. The van der Waals surface area contributed by atoms with Crippen LogP contribution >= 0.6 is 0 Å². The van der Waals surface area contributed by atoms with Crippen LogP contribution in [0.4, 0.5) is 18.0 Å². The smallest absolute Gasteiger partial charge is 0.416 e. The topological polar surface area (TPSA) is 47.6 Å². The summed E-state index contributed by atoms with van der Waals surface area (Å²) in [6.45, 7) is 0.358. The third-order valence-corrected chi connectivity index (χ3v) is 5.57. The molecule has 33 heavy (non-hydrogen) atoms. The number of halogens is 3. The van der Waals surface area contributed by atoms with Crippen molar-refractivity contribution in [2.45, 2.75) is 12.1 Å². The van der Waals surface area contributed by atoms with E-state index in [1.807, 2.05) is 36.4 Å². The van der Waals surface area contributed by atoms with Crippen molar-refractivity contribution in [1.29, 1.82) is 0 Å².